The van der Waals surface area contributed by atoms with Gasteiger partial charge in [0.25, 0.3) is 0 Å². The van der Waals surface area contributed by atoms with E-state index in [4.69, 9.17) is 16.6 Å². The maximum atomic E-state index is 6.22. The van der Waals surface area contributed by atoms with Gasteiger partial charge in [0, 0.05) is 19.6 Å². The molecule has 0 unspecified atom stereocenters. The number of hydrogen-bond donors (Lipinski definition) is 1. The molecule has 1 saturated heterocycles. The van der Waals surface area contributed by atoms with Gasteiger partial charge in [0.05, 0.1) is 10.7 Å². The predicted octanol–water partition coefficient (Wildman–Crippen LogP) is 3.47. The average Bonchev–Trinajstić information content (AvgIpc) is 2.42. The van der Waals surface area contributed by atoms with Crippen LogP contribution < -0.4 is 10.2 Å². The van der Waals surface area contributed by atoms with Crippen molar-refractivity contribution >= 4 is 17.4 Å². The van der Waals surface area contributed by atoms with Crippen LogP contribution >= 0.6 is 11.6 Å². The van der Waals surface area contributed by atoms with E-state index < -0.39 is 0 Å². The summed E-state index contributed by atoms with van der Waals surface area (Å²) in [6, 6.07) is 4.02. The number of nitrogens with zero attached hydrogens (tertiary/aromatic N) is 2. The van der Waals surface area contributed by atoms with Gasteiger partial charge in [0.1, 0.15) is 5.82 Å². The second-order valence-corrected chi connectivity index (χ2v) is 5.85. The number of anilines is 1. The van der Waals surface area contributed by atoms with Gasteiger partial charge >= 0.3 is 0 Å². The fourth-order valence-electron chi connectivity index (χ4n) is 2.39. The zero-order valence-electron chi connectivity index (χ0n) is 12.0. The Labute approximate surface area is 121 Å². The summed E-state index contributed by atoms with van der Waals surface area (Å²) in [6.45, 7) is 8.46. The molecule has 1 aliphatic rings. The molecule has 0 aliphatic carbocycles. The van der Waals surface area contributed by atoms with E-state index in [9.17, 15) is 0 Å². The van der Waals surface area contributed by atoms with E-state index in [0.717, 1.165) is 55.1 Å². The maximum Gasteiger partial charge on any atom is 0.128 e. The monoisotopic (exact) mass is 281 g/mol. The molecule has 1 aromatic rings. The highest BCUT2D eigenvalue weighted by Crippen LogP contribution is 2.24. The van der Waals surface area contributed by atoms with Crippen LogP contribution in [0.1, 0.15) is 38.8 Å². The lowest BCUT2D eigenvalue weighted by molar-refractivity contribution is 0.436. The summed E-state index contributed by atoms with van der Waals surface area (Å²) in [4.78, 5) is 7.10. The molecule has 3 nitrogen and oxygen atoms in total. The second kappa shape index (κ2) is 7.11. The Kier molecular flexibility index (Phi) is 5.46. The third kappa shape index (κ3) is 4.08. The first-order chi connectivity index (χ1) is 9.20. The van der Waals surface area contributed by atoms with Gasteiger partial charge in [-0.05, 0) is 43.9 Å². The van der Waals surface area contributed by atoms with E-state index in [1.165, 1.54) is 12.8 Å². The molecule has 2 rings (SSSR count). The molecule has 0 amide bonds. The Hall–Kier alpha value is -0.800. The highest BCUT2D eigenvalue weighted by Gasteiger charge is 2.17. The smallest absolute Gasteiger partial charge is 0.128 e. The van der Waals surface area contributed by atoms with Gasteiger partial charge in [0.15, 0.2) is 0 Å². The van der Waals surface area contributed by atoms with Crippen molar-refractivity contribution in [2.75, 3.05) is 24.5 Å². The van der Waals surface area contributed by atoms with Gasteiger partial charge in [0.2, 0.25) is 0 Å². The molecule has 1 aromatic heterocycles. The Bertz CT molecular complexity index is 400. The Morgan fingerprint density at radius 2 is 2.11 bits per heavy atom. The van der Waals surface area contributed by atoms with Crippen LogP contribution in [0, 0.1) is 5.92 Å². The molecule has 0 bridgehead atoms. The Morgan fingerprint density at radius 1 is 1.37 bits per heavy atom. The summed E-state index contributed by atoms with van der Waals surface area (Å²) in [5.41, 5.74) is 0.964. The van der Waals surface area contributed by atoms with Gasteiger partial charge in [-0.3, -0.25) is 0 Å². The van der Waals surface area contributed by atoms with Gasteiger partial charge in [-0.15, -0.1) is 0 Å². The molecule has 19 heavy (non-hydrogen) atoms. The predicted molar refractivity (Wildman–Crippen MR) is 81.9 cm³/mol. The van der Waals surface area contributed by atoms with Crippen LogP contribution in [-0.4, -0.2) is 24.6 Å². The fraction of sp³-hybridized carbons (Fsp3) is 0.667. The number of nitrogens with one attached hydrogen (secondary N) is 1. The van der Waals surface area contributed by atoms with Crippen molar-refractivity contribution in [3.63, 3.8) is 0 Å². The van der Waals surface area contributed by atoms with E-state index in [2.05, 4.69) is 24.1 Å². The lowest BCUT2D eigenvalue weighted by atomic mass is 9.99. The minimum Gasteiger partial charge on any atom is -0.357 e. The van der Waals surface area contributed by atoms with Crippen LogP contribution in [0.5, 0.6) is 0 Å². The van der Waals surface area contributed by atoms with E-state index >= 15 is 0 Å². The molecule has 1 N–H and O–H groups in total. The van der Waals surface area contributed by atoms with Crippen LogP contribution in [0.15, 0.2) is 12.1 Å². The molecular weight excluding hydrogens is 258 g/mol. The molecule has 4 heteroatoms. The van der Waals surface area contributed by atoms with Gasteiger partial charge < -0.3 is 10.2 Å². The molecule has 1 aliphatic heterocycles. The van der Waals surface area contributed by atoms with Crippen molar-refractivity contribution in [3.05, 3.63) is 22.8 Å². The van der Waals surface area contributed by atoms with E-state index in [1.807, 2.05) is 12.1 Å². The normalized spacial score (nSPS) is 16.9. The van der Waals surface area contributed by atoms with Crippen molar-refractivity contribution in [2.45, 2.75) is 39.7 Å². The van der Waals surface area contributed by atoms with Crippen molar-refractivity contribution in [1.82, 2.24) is 10.3 Å². The van der Waals surface area contributed by atoms with Gasteiger partial charge in [-0.25, -0.2) is 4.98 Å². The minimum atomic E-state index is 0.755. The van der Waals surface area contributed by atoms with E-state index in [1.54, 1.807) is 0 Å². The lowest BCUT2D eigenvalue weighted by Crippen LogP contribution is -2.33. The largest absolute Gasteiger partial charge is 0.357 e. The number of aromatic nitrogens is 1. The first kappa shape index (κ1) is 14.6. The van der Waals surface area contributed by atoms with Crippen molar-refractivity contribution in [2.24, 2.45) is 5.92 Å². The maximum absolute atomic E-state index is 6.22. The quantitative estimate of drug-likeness (QED) is 0.838. The first-order valence-corrected chi connectivity index (χ1v) is 7.69. The highest BCUT2D eigenvalue weighted by atomic mass is 35.5. The molecule has 0 radical (unpaired) electrons. The van der Waals surface area contributed by atoms with Crippen LogP contribution in [0.2, 0.25) is 5.02 Å². The summed E-state index contributed by atoms with van der Waals surface area (Å²) in [5.74, 6) is 1.92. The molecule has 1 fully saturated rings. The molecular formula is C15H24ClN3. The summed E-state index contributed by atoms with van der Waals surface area (Å²) in [6.07, 6.45) is 3.64. The van der Waals surface area contributed by atoms with Crippen LogP contribution in [0.25, 0.3) is 0 Å². The number of halogens is 1. The minimum absolute atomic E-state index is 0.755. The fourth-order valence-corrected chi connectivity index (χ4v) is 2.57. The topological polar surface area (TPSA) is 28.2 Å². The van der Waals surface area contributed by atoms with E-state index in [0.29, 0.717) is 0 Å². The van der Waals surface area contributed by atoms with Crippen LogP contribution in [-0.2, 0) is 6.54 Å². The second-order valence-electron chi connectivity index (χ2n) is 5.44. The van der Waals surface area contributed by atoms with Crippen LogP contribution in [0.3, 0.4) is 0 Å². The summed E-state index contributed by atoms with van der Waals surface area (Å²) >= 11 is 6.22. The third-order valence-corrected chi connectivity index (χ3v) is 4.07. The summed E-state index contributed by atoms with van der Waals surface area (Å²) in [7, 11) is 0. The lowest BCUT2D eigenvalue weighted by Gasteiger charge is -2.31. The summed E-state index contributed by atoms with van der Waals surface area (Å²) in [5, 5.41) is 4.13. The zero-order valence-corrected chi connectivity index (χ0v) is 12.7. The molecule has 0 spiro atoms. The summed E-state index contributed by atoms with van der Waals surface area (Å²) < 4.78 is 0. The van der Waals surface area contributed by atoms with Gasteiger partial charge in [-0.2, -0.15) is 0 Å². The first-order valence-electron chi connectivity index (χ1n) is 7.31. The third-order valence-electron chi connectivity index (χ3n) is 3.73. The Balaban J connectivity index is 2.03. The molecule has 2 heterocycles. The van der Waals surface area contributed by atoms with E-state index in [-0.39, 0.29) is 0 Å². The number of pyridine rings is 1. The molecule has 0 saturated carbocycles. The van der Waals surface area contributed by atoms with Gasteiger partial charge in [-0.1, -0.05) is 25.4 Å². The standard InChI is InChI=1S/C15H24ClN3/c1-3-8-17-11-14-13(16)4-5-15(18-14)19-9-6-12(2)7-10-19/h4-5,12,17H,3,6-11H2,1-2H3. The Morgan fingerprint density at radius 3 is 2.79 bits per heavy atom. The van der Waals surface area contributed by atoms with Crippen molar-refractivity contribution < 1.29 is 0 Å². The SMILES string of the molecule is CCCNCc1nc(N2CCC(C)CC2)ccc1Cl. The van der Waals surface area contributed by atoms with Crippen LogP contribution in [0.4, 0.5) is 5.82 Å². The highest BCUT2D eigenvalue weighted by molar-refractivity contribution is 6.31. The zero-order chi connectivity index (χ0) is 13.7. The number of rotatable bonds is 5. The average molecular weight is 282 g/mol. The molecule has 0 aromatic carbocycles. The van der Waals surface area contributed by atoms with Crippen molar-refractivity contribution in [3.8, 4) is 0 Å². The van der Waals surface area contributed by atoms with Crippen molar-refractivity contribution in [1.29, 1.82) is 0 Å². The molecule has 0 atom stereocenters. The number of hydrogen-bond acceptors (Lipinski definition) is 3. The number of piperidine rings is 1. The molecule has 106 valence electrons.